The number of nitrogens with one attached hydrogen (secondary N) is 1. The van der Waals surface area contributed by atoms with E-state index in [2.05, 4.69) is 52.9 Å². The summed E-state index contributed by atoms with van der Waals surface area (Å²) < 4.78 is 0. The number of rotatable bonds is 3. The fourth-order valence-electron chi connectivity index (χ4n) is 2.65. The minimum atomic E-state index is 0.0679. The number of hydrogen-bond acceptors (Lipinski definition) is 2. The summed E-state index contributed by atoms with van der Waals surface area (Å²) in [5, 5.41) is 3.58. The van der Waals surface area contributed by atoms with E-state index in [-0.39, 0.29) is 5.54 Å². The Hall–Kier alpha value is -1.18. The van der Waals surface area contributed by atoms with E-state index in [1.807, 2.05) is 12.1 Å². The molecule has 0 unspecified atom stereocenters. The summed E-state index contributed by atoms with van der Waals surface area (Å²) in [6.45, 7) is 13.3. The molecule has 2 heteroatoms. The number of anilines is 2. The van der Waals surface area contributed by atoms with Crippen LogP contribution in [0.15, 0.2) is 18.2 Å². The lowest BCUT2D eigenvalue weighted by atomic mass is 9.81. The van der Waals surface area contributed by atoms with Gasteiger partial charge < -0.3 is 11.1 Å². The van der Waals surface area contributed by atoms with Gasteiger partial charge >= 0.3 is 0 Å². The third-order valence-electron chi connectivity index (χ3n) is 2.55. The van der Waals surface area contributed by atoms with Crippen LogP contribution in [0.3, 0.4) is 0 Å². The Kier molecular flexibility index (Phi) is 3.75. The minimum absolute atomic E-state index is 0.0679. The highest BCUT2D eigenvalue weighted by atomic mass is 15.0. The minimum Gasteiger partial charge on any atom is -0.399 e. The lowest BCUT2D eigenvalue weighted by Gasteiger charge is -2.34. The average molecular weight is 234 g/mol. The summed E-state index contributed by atoms with van der Waals surface area (Å²) in [7, 11) is 0. The van der Waals surface area contributed by atoms with E-state index in [4.69, 9.17) is 5.73 Å². The fourth-order valence-corrected chi connectivity index (χ4v) is 2.65. The van der Waals surface area contributed by atoms with Crippen molar-refractivity contribution in [1.29, 1.82) is 0 Å². The van der Waals surface area contributed by atoms with Crippen LogP contribution in [0, 0.1) is 12.3 Å². The molecule has 96 valence electrons. The second kappa shape index (κ2) is 4.59. The Labute approximate surface area is 106 Å². The standard InChI is InChI=1S/C15H26N2/c1-11-7-12(16)9-13(8-11)17-15(5,6)10-14(2,3)4/h7-9,17H,10,16H2,1-6H3. The molecule has 0 amide bonds. The first kappa shape index (κ1) is 13.9. The average Bonchev–Trinajstić information content (AvgIpc) is 1.93. The summed E-state index contributed by atoms with van der Waals surface area (Å²) in [4.78, 5) is 0. The zero-order valence-electron chi connectivity index (χ0n) is 12.0. The summed E-state index contributed by atoms with van der Waals surface area (Å²) >= 11 is 0. The molecule has 3 N–H and O–H groups in total. The summed E-state index contributed by atoms with van der Waals surface area (Å²) in [6.07, 6.45) is 1.11. The van der Waals surface area contributed by atoms with Gasteiger partial charge in [0.25, 0.3) is 0 Å². The Morgan fingerprint density at radius 1 is 1.06 bits per heavy atom. The predicted molar refractivity (Wildman–Crippen MR) is 77.4 cm³/mol. The Morgan fingerprint density at radius 3 is 2.12 bits per heavy atom. The SMILES string of the molecule is Cc1cc(N)cc(NC(C)(C)CC(C)(C)C)c1. The molecule has 0 aliphatic rings. The Balaban J connectivity index is 2.82. The van der Waals surface area contributed by atoms with Crippen LogP contribution < -0.4 is 11.1 Å². The second-order valence-corrected chi connectivity index (χ2v) is 6.88. The zero-order chi connectivity index (χ0) is 13.3. The fraction of sp³-hybridized carbons (Fsp3) is 0.600. The third kappa shape index (κ3) is 5.12. The maximum atomic E-state index is 5.87. The maximum Gasteiger partial charge on any atom is 0.0367 e. The molecule has 0 aliphatic carbocycles. The largest absolute Gasteiger partial charge is 0.399 e. The molecule has 0 spiro atoms. The number of nitrogen functional groups attached to an aromatic ring is 1. The van der Waals surface area contributed by atoms with Crippen LogP contribution >= 0.6 is 0 Å². The quantitative estimate of drug-likeness (QED) is 0.769. The van der Waals surface area contributed by atoms with Gasteiger partial charge in [-0.1, -0.05) is 20.8 Å². The molecule has 1 rings (SSSR count). The molecule has 0 saturated heterocycles. The van der Waals surface area contributed by atoms with Gasteiger partial charge in [-0.15, -0.1) is 0 Å². The van der Waals surface area contributed by atoms with E-state index in [1.165, 1.54) is 5.56 Å². The first-order valence-corrected chi connectivity index (χ1v) is 6.23. The highest BCUT2D eigenvalue weighted by molar-refractivity contribution is 5.57. The van der Waals surface area contributed by atoms with Crippen LogP contribution in [0.1, 0.15) is 46.6 Å². The van der Waals surface area contributed by atoms with Crippen molar-refractivity contribution in [2.45, 2.75) is 53.5 Å². The van der Waals surface area contributed by atoms with Gasteiger partial charge in [0.15, 0.2) is 0 Å². The summed E-state index contributed by atoms with van der Waals surface area (Å²) in [6, 6.07) is 6.13. The molecule has 0 heterocycles. The number of aryl methyl sites for hydroxylation is 1. The molecule has 17 heavy (non-hydrogen) atoms. The molecule has 0 saturated carbocycles. The van der Waals surface area contributed by atoms with Gasteiger partial charge in [-0.2, -0.15) is 0 Å². The van der Waals surface area contributed by atoms with Gasteiger partial charge in [0.2, 0.25) is 0 Å². The zero-order valence-corrected chi connectivity index (χ0v) is 12.0. The Bertz CT molecular complexity index is 366. The smallest absolute Gasteiger partial charge is 0.0367 e. The predicted octanol–water partition coefficient (Wildman–Crippen LogP) is 4.20. The van der Waals surface area contributed by atoms with Crippen molar-refractivity contribution in [1.82, 2.24) is 0 Å². The third-order valence-corrected chi connectivity index (χ3v) is 2.55. The number of benzene rings is 1. The Morgan fingerprint density at radius 2 is 1.65 bits per heavy atom. The molecule has 0 aromatic heterocycles. The van der Waals surface area contributed by atoms with Gasteiger partial charge in [-0.05, 0) is 56.4 Å². The molecule has 0 radical (unpaired) electrons. The first-order valence-electron chi connectivity index (χ1n) is 6.23. The van der Waals surface area contributed by atoms with Crippen molar-refractivity contribution < 1.29 is 0 Å². The van der Waals surface area contributed by atoms with Gasteiger partial charge in [0, 0.05) is 16.9 Å². The van der Waals surface area contributed by atoms with Crippen molar-refractivity contribution in [3.63, 3.8) is 0 Å². The summed E-state index contributed by atoms with van der Waals surface area (Å²) in [5.74, 6) is 0. The number of hydrogen-bond donors (Lipinski definition) is 2. The topological polar surface area (TPSA) is 38.0 Å². The van der Waals surface area contributed by atoms with Gasteiger partial charge in [-0.3, -0.25) is 0 Å². The molecular formula is C15H26N2. The van der Waals surface area contributed by atoms with Crippen LogP contribution in [-0.4, -0.2) is 5.54 Å². The highest BCUT2D eigenvalue weighted by Crippen LogP contribution is 2.30. The lowest BCUT2D eigenvalue weighted by molar-refractivity contribution is 0.302. The van der Waals surface area contributed by atoms with Crippen molar-refractivity contribution in [3.05, 3.63) is 23.8 Å². The van der Waals surface area contributed by atoms with E-state index >= 15 is 0 Å². The summed E-state index contributed by atoms with van der Waals surface area (Å²) in [5.41, 5.74) is 9.37. The van der Waals surface area contributed by atoms with E-state index in [9.17, 15) is 0 Å². The monoisotopic (exact) mass is 234 g/mol. The van der Waals surface area contributed by atoms with Crippen molar-refractivity contribution in [2.75, 3.05) is 11.1 Å². The van der Waals surface area contributed by atoms with Crippen LogP contribution in [0.2, 0.25) is 0 Å². The van der Waals surface area contributed by atoms with Gasteiger partial charge in [0.1, 0.15) is 0 Å². The van der Waals surface area contributed by atoms with E-state index in [1.54, 1.807) is 0 Å². The number of nitrogens with two attached hydrogens (primary N) is 1. The normalized spacial score (nSPS) is 12.6. The van der Waals surface area contributed by atoms with E-state index < -0.39 is 0 Å². The first-order chi connectivity index (χ1) is 7.57. The van der Waals surface area contributed by atoms with Gasteiger partial charge in [-0.25, -0.2) is 0 Å². The molecule has 0 atom stereocenters. The van der Waals surface area contributed by atoms with E-state index in [0.717, 1.165) is 17.8 Å². The van der Waals surface area contributed by atoms with Crippen molar-refractivity contribution >= 4 is 11.4 Å². The molecule has 1 aromatic carbocycles. The van der Waals surface area contributed by atoms with Gasteiger partial charge in [0.05, 0.1) is 0 Å². The molecular weight excluding hydrogens is 208 g/mol. The van der Waals surface area contributed by atoms with Crippen molar-refractivity contribution in [3.8, 4) is 0 Å². The highest BCUT2D eigenvalue weighted by Gasteiger charge is 2.25. The molecule has 1 aromatic rings. The van der Waals surface area contributed by atoms with Crippen LogP contribution in [0.4, 0.5) is 11.4 Å². The van der Waals surface area contributed by atoms with Crippen LogP contribution in [0.25, 0.3) is 0 Å². The lowest BCUT2D eigenvalue weighted by Crippen LogP contribution is -2.35. The van der Waals surface area contributed by atoms with Crippen molar-refractivity contribution in [2.24, 2.45) is 5.41 Å². The molecule has 2 nitrogen and oxygen atoms in total. The second-order valence-electron chi connectivity index (χ2n) is 6.88. The van der Waals surface area contributed by atoms with Crippen LogP contribution in [0.5, 0.6) is 0 Å². The molecule has 0 bridgehead atoms. The molecule has 0 aliphatic heterocycles. The van der Waals surface area contributed by atoms with E-state index in [0.29, 0.717) is 5.41 Å². The maximum absolute atomic E-state index is 5.87. The molecule has 0 fully saturated rings. The van der Waals surface area contributed by atoms with Crippen LogP contribution in [-0.2, 0) is 0 Å².